The summed E-state index contributed by atoms with van der Waals surface area (Å²) in [5.74, 6) is 1.76. The number of aromatic nitrogens is 1. The van der Waals surface area contributed by atoms with E-state index < -0.39 is 0 Å². The number of nitrogens with one attached hydrogen (secondary N) is 1. The lowest BCUT2D eigenvalue weighted by atomic mass is 9.96. The predicted octanol–water partition coefficient (Wildman–Crippen LogP) is 1.95. The lowest BCUT2D eigenvalue weighted by Gasteiger charge is -2.26. The second-order valence-electron chi connectivity index (χ2n) is 5.85. The summed E-state index contributed by atoms with van der Waals surface area (Å²) in [5.41, 5.74) is 1.25. The molecule has 122 valence electrons. The van der Waals surface area contributed by atoms with Gasteiger partial charge in [-0.1, -0.05) is 6.07 Å². The first-order valence-electron chi connectivity index (χ1n) is 8.18. The van der Waals surface area contributed by atoms with Crippen LogP contribution in [0.5, 0.6) is 0 Å². The molecule has 2 rings (SSSR count). The first-order chi connectivity index (χ1) is 10.8. The lowest BCUT2D eigenvalue weighted by molar-refractivity contribution is 0.0625. The SMILES string of the molecule is CN=C(NCCc1cccnc1)N(C)CCC1CCOCC1. The number of pyridine rings is 1. The molecular formula is C17H28N4O. The number of aliphatic imine (C=N–C) groups is 1. The Labute approximate surface area is 133 Å². The molecule has 5 heteroatoms. The molecule has 1 aromatic rings. The van der Waals surface area contributed by atoms with Crippen molar-refractivity contribution in [1.82, 2.24) is 15.2 Å². The van der Waals surface area contributed by atoms with Gasteiger partial charge in [0.15, 0.2) is 5.96 Å². The van der Waals surface area contributed by atoms with Gasteiger partial charge in [-0.25, -0.2) is 0 Å². The smallest absolute Gasteiger partial charge is 0.193 e. The topological polar surface area (TPSA) is 49.8 Å². The summed E-state index contributed by atoms with van der Waals surface area (Å²) in [6.45, 7) is 3.76. The molecule has 0 aliphatic carbocycles. The van der Waals surface area contributed by atoms with Gasteiger partial charge >= 0.3 is 0 Å². The zero-order valence-electron chi connectivity index (χ0n) is 13.8. The van der Waals surface area contributed by atoms with E-state index in [0.717, 1.165) is 44.6 Å². The van der Waals surface area contributed by atoms with E-state index in [1.807, 2.05) is 19.3 Å². The van der Waals surface area contributed by atoms with Crippen molar-refractivity contribution in [2.75, 3.05) is 40.4 Å². The van der Waals surface area contributed by atoms with Gasteiger partial charge in [0, 0.05) is 52.8 Å². The van der Waals surface area contributed by atoms with Crippen molar-refractivity contribution < 1.29 is 4.74 Å². The van der Waals surface area contributed by atoms with Gasteiger partial charge in [-0.3, -0.25) is 9.98 Å². The molecule has 0 bridgehead atoms. The molecule has 1 fully saturated rings. The first kappa shape index (κ1) is 16.7. The minimum Gasteiger partial charge on any atom is -0.381 e. The quantitative estimate of drug-likeness (QED) is 0.645. The summed E-state index contributed by atoms with van der Waals surface area (Å²) in [4.78, 5) is 10.7. The van der Waals surface area contributed by atoms with Crippen molar-refractivity contribution in [2.45, 2.75) is 25.7 Å². The third-order valence-corrected chi connectivity index (χ3v) is 4.21. The van der Waals surface area contributed by atoms with Crippen LogP contribution in [0.4, 0.5) is 0 Å². The van der Waals surface area contributed by atoms with E-state index in [1.165, 1.54) is 24.8 Å². The Bertz CT molecular complexity index is 443. The van der Waals surface area contributed by atoms with Crippen LogP contribution < -0.4 is 5.32 Å². The van der Waals surface area contributed by atoms with Crippen LogP contribution in [0, 0.1) is 5.92 Å². The van der Waals surface area contributed by atoms with E-state index in [1.54, 1.807) is 6.20 Å². The van der Waals surface area contributed by atoms with Crippen molar-refractivity contribution in [3.8, 4) is 0 Å². The highest BCUT2D eigenvalue weighted by molar-refractivity contribution is 5.79. The Kier molecular flexibility index (Phi) is 7.16. The standard InChI is InChI=1S/C17H28N4O/c1-18-17(20-10-5-16-4-3-9-19-14-16)21(2)11-6-15-7-12-22-13-8-15/h3-4,9,14-15H,5-8,10-13H2,1-2H3,(H,18,20). The maximum atomic E-state index is 5.42. The average Bonchev–Trinajstić information content (AvgIpc) is 2.58. The highest BCUT2D eigenvalue weighted by atomic mass is 16.5. The maximum absolute atomic E-state index is 5.42. The van der Waals surface area contributed by atoms with Crippen molar-refractivity contribution in [3.05, 3.63) is 30.1 Å². The number of guanidine groups is 1. The minimum absolute atomic E-state index is 0.796. The second-order valence-corrected chi connectivity index (χ2v) is 5.85. The molecule has 1 aliphatic heterocycles. The summed E-state index contributed by atoms with van der Waals surface area (Å²) >= 11 is 0. The fraction of sp³-hybridized carbons (Fsp3) is 0.647. The van der Waals surface area contributed by atoms with E-state index >= 15 is 0 Å². The Morgan fingerprint density at radius 1 is 1.45 bits per heavy atom. The largest absolute Gasteiger partial charge is 0.381 e. The second kappa shape index (κ2) is 9.41. The summed E-state index contributed by atoms with van der Waals surface area (Å²) in [5, 5.41) is 3.43. The van der Waals surface area contributed by atoms with Crippen LogP contribution in [-0.2, 0) is 11.2 Å². The molecule has 1 saturated heterocycles. The fourth-order valence-electron chi connectivity index (χ4n) is 2.77. The molecule has 1 N–H and O–H groups in total. The van der Waals surface area contributed by atoms with Crippen molar-refractivity contribution in [2.24, 2.45) is 10.9 Å². The number of hydrogen-bond donors (Lipinski definition) is 1. The Morgan fingerprint density at radius 2 is 2.27 bits per heavy atom. The minimum atomic E-state index is 0.796. The number of ether oxygens (including phenoxy) is 1. The fourth-order valence-corrected chi connectivity index (χ4v) is 2.77. The summed E-state index contributed by atoms with van der Waals surface area (Å²) in [6.07, 6.45) is 8.28. The van der Waals surface area contributed by atoms with Gasteiger partial charge in [-0.2, -0.15) is 0 Å². The molecule has 0 amide bonds. The number of nitrogens with zero attached hydrogens (tertiary/aromatic N) is 3. The maximum Gasteiger partial charge on any atom is 0.193 e. The van der Waals surface area contributed by atoms with Gasteiger partial charge in [0.05, 0.1) is 0 Å². The normalized spacial score (nSPS) is 16.5. The van der Waals surface area contributed by atoms with Gasteiger partial charge in [-0.15, -0.1) is 0 Å². The average molecular weight is 304 g/mol. The van der Waals surface area contributed by atoms with Crippen LogP contribution in [0.2, 0.25) is 0 Å². The predicted molar refractivity (Wildman–Crippen MR) is 90.1 cm³/mol. The summed E-state index contributed by atoms with van der Waals surface area (Å²) in [6, 6.07) is 4.08. The van der Waals surface area contributed by atoms with Crippen LogP contribution in [0.15, 0.2) is 29.5 Å². The Balaban J connectivity index is 1.68. The van der Waals surface area contributed by atoms with E-state index in [9.17, 15) is 0 Å². The summed E-state index contributed by atoms with van der Waals surface area (Å²) in [7, 11) is 3.95. The highest BCUT2D eigenvalue weighted by Crippen LogP contribution is 2.18. The molecular weight excluding hydrogens is 276 g/mol. The molecule has 2 heterocycles. The van der Waals surface area contributed by atoms with Crippen LogP contribution in [0.25, 0.3) is 0 Å². The molecule has 0 radical (unpaired) electrons. The molecule has 0 atom stereocenters. The van der Waals surface area contributed by atoms with Crippen molar-refractivity contribution in [1.29, 1.82) is 0 Å². The van der Waals surface area contributed by atoms with E-state index in [4.69, 9.17) is 4.74 Å². The molecule has 1 aliphatic rings. The van der Waals surface area contributed by atoms with Gasteiger partial charge in [0.1, 0.15) is 0 Å². The van der Waals surface area contributed by atoms with Gasteiger partial charge in [-0.05, 0) is 43.2 Å². The third kappa shape index (κ3) is 5.64. The van der Waals surface area contributed by atoms with E-state index in [0.29, 0.717) is 0 Å². The zero-order chi connectivity index (χ0) is 15.6. The Hall–Kier alpha value is -1.62. The van der Waals surface area contributed by atoms with Crippen LogP contribution in [-0.4, -0.2) is 56.2 Å². The van der Waals surface area contributed by atoms with Crippen LogP contribution in [0.1, 0.15) is 24.8 Å². The van der Waals surface area contributed by atoms with Crippen LogP contribution in [0.3, 0.4) is 0 Å². The van der Waals surface area contributed by atoms with E-state index in [-0.39, 0.29) is 0 Å². The monoisotopic (exact) mass is 304 g/mol. The van der Waals surface area contributed by atoms with E-state index in [2.05, 4.69) is 33.3 Å². The molecule has 22 heavy (non-hydrogen) atoms. The highest BCUT2D eigenvalue weighted by Gasteiger charge is 2.15. The Morgan fingerprint density at radius 3 is 2.95 bits per heavy atom. The third-order valence-electron chi connectivity index (χ3n) is 4.21. The molecule has 0 aromatic carbocycles. The zero-order valence-corrected chi connectivity index (χ0v) is 13.8. The molecule has 1 aromatic heterocycles. The first-order valence-corrected chi connectivity index (χ1v) is 8.18. The molecule has 5 nitrogen and oxygen atoms in total. The summed E-state index contributed by atoms with van der Waals surface area (Å²) < 4.78 is 5.42. The molecule has 0 saturated carbocycles. The van der Waals surface area contributed by atoms with Gasteiger partial charge in [0.2, 0.25) is 0 Å². The lowest BCUT2D eigenvalue weighted by Crippen LogP contribution is -2.40. The van der Waals surface area contributed by atoms with Gasteiger partial charge in [0.25, 0.3) is 0 Å². The van der Waals surface area contributed by atoms with Crippen LogP contribution >= 0.6 is 0 Å². The van der Waals surface area contributed by atoms with Crippen molar-refractivity contribution >= 4 is 5.96 Å². The molecule has 0 spiro atoms. The van der Waals surface area contributed by atoms with Gasteiger partial charge < -0.3 is 15.0 Å². The number of rotatable bonds is 6. The molecule has 0 unspecified atom stereocenters. The number of hydrogen-bond acceptors (Lipinski definition) is 3. The van der Waals surface area contributed by atoms with Crippen molar-refractivity contribution in [3.63, 3.8) is 0 Å².